The first kappa shape index (κ1) is 24.0. The number of amides is 1. The van der Waals surface area contributed by atoms with Crippen molar-refractivity contribution in [2.24, 2.45) is 0 Å². The quantitative estimate of drug-likeness (QED) is 0.356. The summed E-state index contributed by atoms with van der Waals surface area (Å²) in [5.74, 6) is -31.0. The highest BCUT2D eigenvalue weighted by atomic mass is 35.5. The third-order valence-electron chi connectivity index (χ3n) is 2.89. The molecule has 0 saturated heterocycles. The minimum absolute atomic E-state index is 0.0767. The van der Waals surface area contributed by atoms with Crippen LogP contribution in [0.1, 0.15) is 6.42 Å². The third kappa shape index (κ3) is 4.41. The first-order chi connectivity index (χ1) is 10.8. The molecule has 14 heteroatoms. The molecular weight excluding hydrogens is 402 g/mol. The molecule has 150 valence electrons. The summed E-state index contributed by atoms with van der Waals surface area (Å²) in [7, 11) is 3.05. The van der Waals surface area contributed by atoms with E-state index in [-0.39, 0.29) is 13.0 Å². The number of nitrogens with zero attached hydrogens (tertiary/aromatic N) is 1. The molecule has 25 heavy (non-hydrogen) atoms. The lowest BCUT2D eigenvalue weighted by molar-refractivity contribution is -0.382. The van der Waals surface area contributed by atoms with Crippen LogP contribution in [0.15, 0.2) is 0 Å². The van der Waals surface area contributed by atoms with Crippen molar-refractivity contribution in [3.05, 3.63) is 0 Å². The number of carbonyl (C=O) groups excluding carboxylic acids is 1. The zero-order valence-electron chi connectivity index (χ0n) is 12.6. The summed E-state index contributed by atoms with van der Waals surface area (Å²) in [5, 5.41) is -5.13. The van der Waals surface area contributed by atoms with E-state index in [2.05, 4.69) is 11.6 Å². The lowest BCUT2D eigenvalue weighted by Gasteiger charge is -2.37. The van der Waals surface area contributed by atoms with Gasteiger partial charge in [-0.3, -0.25) is 4.79 Å². The fourth-order valence-corrected chi connectivity index (χ4v) is 1.54. The zero-order chi connectivity index (χ0) is 20.5. The molecule has 1 amide bonds. The Morgan fingerprint density at radius 3 is 1.68 bits per heavy atom. The molecule has 0 heterocycles. The summed E-state index contributed by atoms with van der Waals surface area (Å²) in [6.07, 6.45) is -0.0767. The van der Waals surface area contributed by atoms with Crippen molar-refractivity contribution in [1.29, 1.82) is 0 Å². The highest BCUT2D eigenvalue weighted by Crippen LogP contribution is 2.57. The van der Waals surface area contributed by atoms with Gasteiger partial charge in [0.1, 0.15) is 0 Å². The number of carbonyl (C=O) groups is 1. The SMILES string of the molecule is CN(C)CCCNC(=O)C(F)(F)C(F)(F)C(F)(F)C(F)(F)C(F)(F)Cl. The molecule has 0 aliphatic carbocycles. The Bertz CT molecular complexity index is 478. The first-order valence-corrected chi connectivity index (χ1v) is 6.73. The largest absolute Gasteiger partial charge is 0.393 e. The van der Waals surface area contributed by atoms with Gasteiger partial charge in [0, 0.05) is 6.54 Å². The second-order valence-corrected chi connectivity index (χ2v) is 5.68. The lowest BCUT2D eigenvalue weighted by Crippen LogP contribution is -2.69. The van der Waals surface area contributed by atoms with Gasteiger partial charge in [-0.25, -0.2) is 0 Å². The predicted molar refractivity (Wildman–Crippen MR) is 66.8 cm³/mol. The van der Waals surface area contributed by atoms with Crippen molar-refractivity contribution in [3.8, 4) is 0 Å². The Labute approximate surface area is 140 Å². The maximum Gasteiger partial charge on any atom is 0.393 e. The van der Waals surface area contributed by atoms with Gasteiger partial charge in [0.15, 0.2) is 0 Å². The average molecular weight is 415 g/mol. The maximum absolute atomic E-state index is 13.3. The number of hydrogen-bond donors (Lipinski definition) is 1. The Hall–Kier alpha value is -0.980. The van der Waals surface area contributed by atoms with Crippen molar-refractivity contribution in [2.75, 3.05) is 27.2 Å². The molecular formula is C11H13ClF10N2O. The van der Waals surface area contributed by atoms with E-state index in [0.29, 0.717) is 0 Å². The van der Waals surface area contributed by atoms with Gasteiger partial charge < -0.3 is 10.2 Å². The van der Waals surface area contributed by atoms with E-state index < -0.39 is 41.5 Å². The van der Waals surface area contributed by atoms with E-state index in [1.54, 1.807) is 0 Å². The molecule has 0 aromatic heterocycles. The fraction of sp³-hybridized carbons (Fsp3) is 0.909. The van der Waals surface area contributed by atoms with Gasteiger partial charge in [-0.1, -0.05) is 0 Å². The van der Waals surface area contributed by atoms with Gasteiger partial charge in [0.2, 0.25) is 0 Å². The van der Waals surface area contributed by atoms with Gasteiger partial charge >= 0.3 is 29.1 Å². The summed E-state index contributed by atoms with van der Waals surface area (Å²) >= 11 is 3.63. The topological polar surface area (TPSA) is 32.3 Å². The predicted octanol–water partition coefficient (Wildman–Crippen LogP) is 3.43. The molecule has 0 saturated carbocycles. The second-order valence-electron chi connectivity index (χ2n) is 5.21. The van der Waals surface area contributed by atoms with Crippen molar-refractivity contribution in [1.82, 2.24) is 10.2 Å². The summed E-state index contributed by atoms with van der Waals surface area (Å²) in [6.45, 7) is -0.509. The van der Waals surface area contributed by atoms with Crippen LogP contribution in [-0.2, 0) is 4.79 Å². The molecule has 0 aromatic rings. The van der Waals surface area contributed by atoms with Crippen molar-refractivity contribution < 1.29 is 48.7 Å². The summed E-state index contributed by atoms with van der Waals surface area (Å²) < 4.78 is 130. The molecule has 0 radical (unpaired) electrons. The third-order valence-corrected chi connectivity index (χ3v) is 3.13. The van der Waals surface area contributed by atoms with Crippen LogP contribution in [-0.4, -0.2) is 67.1 Å². The molecule has 0 aromatic carbocycles. The molecule has 0 spiro atoms. The van der Waals surface area contributed by atoms with E-state index in [4.69, 9.17) is 0 Å². The van der Waals surface area contributed by atoms with E-state index in [1.165, 1.54) is 19.0 Å². The molecule has 0 rings (SSSR count). The van der Waals surface area contributed by atoms with Crippen LogP contribution in [0, 0.1) is 0 Å². The zero-order valence-corrected chi connectivity index (χ0v) is 13.4. The molecule has 0 aliphatic heterocycles. The van der Waals surface area contributed by atoms with E-state index in [9.17, 15) is 48.7 Å². The summed E-state index contributed by atoms with van der Waals surface area (Å²) in [5.41, 5.74) is 0. The number of rotatable bonds is 9. The Morgan fingerprint density at radius 1 is 0.880 bits per heavy atom. The van der Waals surface area contributed by atoms with Crippen LogP contribution >= 0.6 is 11.6 Å². The smallest absolute Gasteiger partial charge is 0.351 e. The Balaban J connectivity index is 5.48. The minimum atomic E-state index is -7.34. The van der Waals surface area contributed by atoms with E-state index in [1.807, 2.05) is 0 Å². The Kier molecular flexibility index (Phi) is 7.04. The van der Waals surface area contributed by atoms with Crippen LogP contribution in [0.5, 0.6) is 0 Å². The molecule has 0 aliphatic rings. The second kappa shape index (κ2) is 7.33. The van der Waals surface area contributed by atoms with Crippen molar-refractivity contribution in [3.63, 3.8) is 0 Å². The molecule has 0 atom stereocenters. The first-order valence-electron chi connectivity index (χ1n) is 6.35. The van der Waals surface area contributed by atoms with Crippen LogP contribution < -0.4 is 5.32 Å². The van der Waals surface area contributed by atoms with Crippen molar-refractivity contribution in [2.45, 2.75) is 35.5 Å². The molecule has 0 fully saturated rings. The monoisotopic (exact) mass is 414 g/mol. The van der Waals surface area contributed by atoms with Crippen molar-refractivity contribution >= 4 is 17.5 Å². The normalized spacial score (nSPS) is 14.8. The molecule has 3 nitrogen and oxygen atoms in total. The molecule has 0 unspecified atom stereocenters. The van der Waals surface area contributed by atoms with Crippen LogP contribution in [0.4, 0.5) is 43.9 Å². The summed E-state index contributed by atoms with van der Waals surface area (Å²) in [4.78, 5) is 12.5. The van der Waals surface area contributed by atoms with E-state index in [0.717, 1.165) is 5.32 Å². The van der Waals surface area contributed by atoms with Gasteiger partial charge in [-0.15, -0.1) is 0 Å². The van der Waals surface area contributed by atoms with Gasteiger partial charge in [-0.05, 0) is 38.7 Å². The van der Waals surface area contributed by atoms with E-state index >= 15 is 0 Å². The van der Waals surface area contributed by atoms with Crippen LogP contribution in [0.25, 0.3) is 0 Å². The van der Waals surface area contributed by atoms with Crippen LogP contribution in [0.3, 0.4) is 0 Å². The Morgan fingerprint density at radius 2 is 1.32 bits per heavy atom. The molecule has 1 N–H and O–H groups in total. The lowest BCUT2D eigenvalue weighted by atomic mass is 9.98. The minimum Gasteiger partial charge on any atom is -0.351 e. The van der Waals surface area contributed by atoms with Gasteiger partial charge in [-0.2, -0.15) is 43.9 Å². The van der Waals surface area contributed by atoms with Crippen LogP contribution in [0.2, 0.25) is 0 Å². The summed E-state index contributed by atoms with van der Waals surface area (Å²) in [6, 6.07) is 0. The highest BCUT2D eigenvalue weighted by molar-refractivity contribution is 6.22. The fourth-order valence-electron chi connectivity index (χ4n) is 1.42. The van der Waals surface area contributed by atoms with Gasteiger partial charge in [0.05, 0.1) is 0 Å². The average Bonchev–Trinajstić information content (AvgIpc) is 2.40. The number of alkyl halides is 11. The maximum atomic E-state index is 13.3. The number of halogens is 11. The number of nitrogens with one attached hydrogen (secondary N) is 1. The highest BCUT2D eigenvalue weighted by Gasteiger charge is 2.87. The van der Waals surface area contributed by atoms with Gasteiger partial charge in [0.25, 0.3) is 5.91 Å². The molecule has 0 bridgehead atoms. The standard InChI is InChI=1S/C11H13ClF10N2O/c1-24(2)5-3-4-23-6(25)7(13,14)8(15,16)9(17,18)10(19,20)11(12,21)22/h3-5H2,1-2H3,(H,23,25). The number of hydrogen-bond acceptors (Lipinski definition) is 2.